The molecule has 0 atom stereocenters. The van der Waals surface area contributed by atoms with E-state index in [9.17, 15) is 0 Å². The Morgan fingerprint density at radius 1 is 1.56 bits per heavy atom. The maximum atomic E-state index is 5.67. The number of hydrogen-bond donors (Lipinski definition) is 1. The van der Waals surface area contributed by atoms with Gasteiger partial charge in [0.15, 0.2) is 0 Å². The Morgan fingerprint density at radius 3 is 2.88 bits per heavy atom. The minimum absolute atomic E-state index is 0.624. The van der Waals surface area contributed by atoms with E-state index in [1.807, 2.05) is 18.4 Å². The van der Waals surface area contributed by atoms with E-state index < -0.39 is 0 Å². The predicted octanol–water partition coefficient (Wildman–Crippen LogP) is 3.26. The second kappa shape index (κ2) is 6.84. The van der Waals surface area contributed by atoms with E-state index in [1.165, 1.54) is 5.56 Å². The quantitative estimate of drug-likeness (QED) is 0.791. The highest BCUT2D eigenvalue weighted by Crippen LogP contribution is 2.28. The van der Waals surface area contributed by atoms with E-state index >= 15 is 0 Å². The molecule has 0 aromatic heterocycles. The number of halogens is 1. The lowest BCUT2D eigenvalue weighted by Gasteiger charge is -2.09. The highest BCUT2D eigenvalue weighted by atomic mass is 35.5. The first-order chi connectivity index (χ1) is 7.67. The number of methoxy groups -OCH3 is 1. The predicted molar refractivity (Wildman–Crippen MR) is 71.5 cm³/mol. The average Bonchev–Trinajstić information content (AvgIpc) is 2.28. The van der Waals surface area contributed by atoms with Gasteiger partial charge < -0.3 is 10.1 Å². The molecule has 1 N–H and O–H groups in total. The van der Waals surface area contributed by atoms with Crippen LogP contribution in [-0.4, -0.2) is 19.9 Å². The van der Waals surface area contributed by atoms with Gasteiger partial charge in [0.25, 0.3) is 0 Å². The van der Waals surface area contributed by atoms with E-state index in [0.717, 1.165) is 17.2 Å². The van der Waals surface area contributed by atoms with Crippen molar-refractivity contribution < 1.29 is 4.74 Å². The standard InChI is InChI=1S/C12H16ClNOS/c1-9(13)7-14-8-10-4-5-11(15-2)12(6-10)16-3/h4-6,14H,1,7-8H2,2-3H3. The third-order valence-electron chi connectivity index (χ3n) is 2.09. The minimum atomic E-state index is 0.624. The number of ether oxygens (including phenoxy) is 1. The molecule has 0 saturated carbocycles. The van der Waals surface area contributed by atoms with E-state index in [-0.39, 0.29) is 0 Å². The van der Waals surface area contributed by atoms with Crippen molar-refractivity contribution >= 4 is 23.4 Å². The van der Waals surface area contributed by atoms with Gasteiger partial charge in [0.1, 0.15) is 5.75 Å². The SMILES string of the molecule is C=C(Cl)CNCc1ccc(OC)c(SC)c1. The summed E-state index contributed by atoms with van der Waals surface area (Å²) < 4.78 is 5.26. The van der Waals surface area contributed by atoms with E-state index in [0.29, 0.717) is 11.6 Å². The zero-order valence-corrected chi connectivity index (χ0v) is 11.1. The Morgan fingerprint density at radius 2 is 2.31 bits per heavy atom. The Bertz CT molecular complexity index is 368. The molecule has 4 heteroatoms. The van der Waals surface area contributed by atoms with Crippen molar-refractivity contribution in [2.24, 2.45) is 0 Å². The molecule has 1 rings (SSSR count). The molecule has 0 unspecified atom stereocenters. The van der Waals surface area contributed by atoms with Crippen LogP contribution in [0, 0.1) is 0 Å². The molecule has 0 radical (unpaired) electrons. The fourth-order valence-electron chi connectivity index (χ4n) is 1.33. The maximum absolute atomic E-state index is 5.67. The summed E-state index contributed by atoms with van der Waals surface area (Å²) in [6.07, 6.45) is 2.04. The van der Waals surface area contributed by atoms with Crippen LogP contribution < -0.4 is 10.1 Å². The summed E-state index contributed by atoms with van der Waals surface area (Å²) in [7, 11) is 1.68. The molecule has 0 saturated heterocycles. The number of benzene rings is 1. The smallest absolute Gasteiger partial charge is 0.132 e. The van der Waals surface area contributed by atoms with Crippen molar-refractivity contribution in [3.63, 3.8) is 0 Å². The van der Waals surface area contributed by atoms with Crippen LogP contribution in [0.3, 0.4) is 0 Å². The second-order valence-electron chi connectivity index (χ2n) is 3.31. The largest absolute Gasteiger partial charge is 0.496 e. The van der Waals surface area contributed by atoms with Crippen molar-refractivity contribution in [3.05, 3.63) is 35.4 Å². The van der Waals surface area contributed by atoms with Gasteiger partial charge in [0.2, 0.25) is 0 Å². The molecule has 0 aliphatic rings. The summed E-state index contributed by atoms with van der Waals surface area (Å²) >= 11 is 7.35. The lowest BCUT2D eigenvalue weighted by molar-refractivity contribution is 0.404. The topological polar surface area (TPSA) is 21.3 Å². The van der Waals surface area contributed by atoms with Gasteiger partial charge in [-0.25, -0.2) is 0 Å². The van der Waals surface area contributed by atoms with Crippen molar-refractivity contribution in [1.82, 2.24) is 5.32 Å². The molecule has 0 aliphatic carbocycles. The second-order valence-corrected chi connectivity index (χ2v) is 4.69. The molecule has 1 aromatic carbocycles. The molecule has 0 fully saturated rings. The molecule has 0 heterocycles. The van der Waals surface area contributed by atoms with Gasteiger partial charge in [-0.3, -0.25) is 0 Å². The summed E-state index contributed by atoms with van der Waals surface area (Å²) in [6, 6.07) is 6.15. The van der Waals surface area contributed by atoms with Gasteiger partial charge in [-0.2, -0.15) is 0 Å². The molecule has 2 nitrogen and oxygen atoms in total. The number of nitrogens with one attached hydrogen (secondary N) is 1. The first-order valence-electron chi connectivity index (χ1n) is 4.92. The van der Waals surface area contributed by atoms with Crippen LogP contribution in [0.25, 0.3) is 0 Å². The van der Waals surface area contributed by atoms with E-state index in [4.69, 9.17) is 16.3 Å². The normalized spacial score (nSPS) is 10.2. The molecule has 0 bridgehead atoms. The zero-order chi connectivity index (χ0) is 12.0. The number of hydrogen-bond acceptors (Lipinski definition) is 3. The Balaban J connectivity index is 2.64. The summed E-state index contributed by atoms with van der Waals surface area (Å²) in [5.41, 5.74) is 1.21. The highest BCUT2D eigenvalue weighted by molar-refractivity contribution is 7.98. The molecule has 0 amide bonds. The van der Waals surface area contributed by atoms with Crippen LogP contribution in [0.5, 0.6) is 5.75 Å². The summed E-state index contributed by atoms with van der Waals surface area (Å²) in [4.78, 5) is 1.14. The lowest BCUT2D eigenvalue weighted by Crippen LogP contribution is -2.14. The fraction of sp³-hybridized carbons (Fsp3) is 0.333. The first-order valence-corrected chi connectivity index (χ1v) is 6.52. The van der Waals surface area contributed by atoms with Gasteiger partial charge in [0.05, 0.1) is 7.11 Å². The van der Waals surface area contributed by atoms with Crippen molar-refractivity contribution in [2.75, 3.05) is 19.9 Å². The maximum Gasteiger partial charge on any atom is 0.132 e. The Labute approximate surface area is 106 Å². The zero-order valence-electron chi connectivity index (χ0n) is 9.55. The highest BCUT2D eigenvalue weighted by Gasteiger charge is 2.02. The molecule has 88 valence electrons. The molecular formula is C12H16ClNOS. The van der Waals surface area contributed by atoms with Gasteiger partial charge in [0, 0.05) is 23.0 Å². The van der Waals surface area contributed by atoms with E-state index in [2.05, 4.69) is 18.0 Å². The monoisotopic (exact) mass is 257 g/mol. The third-order valence-corrected chi connectivity index (χ3v) is 2.99. The summed E-state index contributed by atoms with van der Waals surface area (Å²) in [5, 5.41) is 3.83. The molecule has 1 aromatic rings. The van der Waals surface area contributed by atoms with Crippen molar-refractivity contribution in [2.45, 2.75) is 11.4 Å². The minimum Gasteiger partial charge on any atom is -0.496 e. The van der Waals surface area contributed by atoms with Crippen LogP contribution >= 0.6 is 23.4 Å². The Kier molecular flexibility index (Phi) is 5.74. The summed E-state index contributed by atoms with van der Waals surface area (Å²) in [5.74, 6) is 0.915. The molecule has 16 heavy (non-hydrogen) atoms. The summed E-state index contributed by atoms with van der Waals surface area (Å²) in [6.45, 7) is 5.03. The van der Waals surface area contributed by atoms with Gasteiger partial charge >= 0.3 is 0 Å². The lowest BCUT2D eigenvalue weighted by atomic mass is 10.2. The van der Waals surface area contributed by atoms with Gasteiger partial charge in [-0.15, -0.1) is 11.8 Å². The van der Waals surface area contributed by atoms with Crippen LogP contribution in [-0.2, 0) is 6.54 Å². The van der Waals surface area contributed by atoms with Gasteiger partial charge in [-0.05, 0) is 24.0 Å². The van der Waals surface area contributed by atoms with Crippen molar-refractivity contribution in [1.29, 1.82) is 0 Å². The van der Waals surface area contributed by atoms with Crippen LogP contribution in [0.2, 0.25) is 0 Å². The van der Waals surface area contributed by atoms with E-state index in [1.54, 1.807) is 18.9 Å². The average molecular weight is 258 g/mol. The molecular weight excluding hydrogens is 242 g/mol. The van der Waals surface area contributed by atoms with Crippen LogP contribution in [0.15, 0.2) is 34.7 Å². The van der Waals surface area contributed by atoms with Crippen molar-refractivity contribution in [3.8, 4) is 5.75 Å². The third kappa shape index (κ3) is 4.08. The fourth-order valence-corrected chi connectivity index (χ4v) is 2.05. The number of thioether (sulfide) groups is 1. The Hall–Kier alpha value is -0.640. The van der Waals surface area contributed by atoms with Gasteiger partial charge in [-0.1, -0.05) is 24.2 Å². The van der Waals surface area contributed by atoms with Crippen LogP contribution in [0.4, 0.5) is 0 Å². The first kappa shape index (κ1) is 13.4. The van der Waals surface area contributed by atoms with Crippen LogP contribution in [0.1, 0.15) is 5.56 Å². The molecule has 0 spiro atoms. The number of rotatable bonds is 6. The molecule has 0 aliphatic heterocycles.